The van der Waals surface area contributed by atoms with E-state index >= 15 is 0 Å². The number of benzene rings is 1. The molecule has 1 saturated carbocycles. The Labute approximate surface area is 112 Å². The Morgan fingerprint density at radius 1 is 1.47 bits per heavy atom. The van der Waals surface area contributed by atoms with Gasteiger partial charge < -0.3 is 10.8 Å². The summed E-state index contributed by atoms with van der Waals surface area (Å²) in [4.78, 5) is 11.7. The van der Waals surface area contributed by atoms with Crippen LogP contribution in [0, 0.1) is 0 Å². The lowest BCUT2D eigenvalue weighted by Crippen LogP contribution is -2.02. The number of hydrogen-bond acceptors (Lipinski definition) is 6. The van der Waals surface area contributed by atoms with Gasteiger partial charge in [0.2, 0.25) is 5.16 Å². The fourth-order valence-corrected chi connectivity index (χ4v) is 2.59. The molecule has 1 aromatic heterocycles. The van der Waals surface area contributed by atoms with Crippen molar-refractivity contribution in [1.82, 2.24) is 20.2 Å². The topological polar surface area (TPSA) is 107 Å². The van der Waals surface area contributed by atoms with Crippen molar-refractivity contribution < 1.29 is 9.90 Å². The van der Waals surface area contributed by atoms with Gasteiger partial charge in [0.05, 0.1) is 11.6 Å². The first-order valence-electron chi connectivity index (χ1n) is 5.73. The van der Waals surface area contributed by atoms with Crippen LogP contribution in [0.15, 0.2) is 28.3 Å². The Hall–Kier alpha value is -2.09. The summed E-state index contributed by atoms with van der Waals surface area (Å²) in [6.07, 6.45) is 2.19. The smallest absolute Gasteiger partial charge is 0.337 e. The van der Waals surface area contributed by atoms with Crippen molar-refractivity contribution in [2.75, 3.05) is 5.73 Å². The van der Waals surface area contributed by atoms with E-state index in [9.17, 15) is 4.79 Å². The fourth-order valence-electron chi connectivity index (χ4n) is 1.71. The number of carbonyl (C=O) groups is 1. The van der Waals surface area contributed by atoms with Crippen molar-refractivity contribution in [3.8, 4) is 0 Å². The lowest BCUT2D eigenvalue weighted by Gasteiger charge is -2.05. The summed E-state index contributed by atoms with van der Waals surface area (Å²) in [5, 5.41) is 21.2. The van der Waals surface area contributed by atoms with Gasteiger partial charge in [-0.3, -0.25) is 0 Å². The van der Waals surface area contributed by atoms with Gasteiger partial charge in [0.1, 0.15) is 0 Å². The van der Waals surface area contributed by atoms with Gasteiger partial charge in [-0.15, -0.1) is 5.10 Å². The lowest BCUT2D eigenvalue weighted by molar-refractivity contribution is 0.0698. The Kier molecular flexibility index (Phi) is 2.86. The average Bonchev–Trinajstić information content (AvgIpc) is 3.10. The summed E-state index contributed by atoms with van der Waals surface area (Å²) in [6, 6.07) is 5.22. The average molecular weight is 277 g/mol. The van der Waals surface area contributed by atoms with Crippen molar-refractivity contribution in [2.24, 2.45) is 0 Å². The minimum atomic E-state index is -1.03. The van der Waals surface area contributed by atoms with Gasteiger partial charge in [-0.2, -0.15) is 0 Å². The molecule has 1 heterocycles. The summed E-state index contributed by atoms with van der Waals surface area (Å²) in [5.41, 5.74) is 6.05. The second-order valence-corrected chi connectivity index (χ2v) is 5.33. The highest BCUT2D eigenvalue weighted by Crippen LogP contribution is 2.38. The molecular weight excluding hydrogens is 266 g/mol. The Morgan fingerprint density at radius 2 is 2.26 bits per heavy atom. The van der Waals surface area contributed by atoms with E-state index in [4.69, 9.17) is 10.8 Å². The van der Waals surface area contributed by atoms with Crippen LogP contribution in [0.5, 0.6) is 0 Å². The fraction of sp³-hybridized carbons (Fsp3) is 0.273. The largest absolute Gasteiger partial charge is 0.478 e. The number of anilines is 1. The molecule has 7 nitrogen and oxygen atoms in total. The number of aromatic carboxylic acids is 1. The molecule has 1 aromatic carbocycles. The molecule has 3 N–H and O–H groups in total. The lowest BCUT2D eigenvalue weighted by atomic mass is 10.2. The van der Waals surface area contributed by atoms with E-state index in [1.807, 2.05) is 0 Å². The maximum Gasteiger partial charge on any atom is 0.337 e. The van der Waals surface area contributed by atoms with E-state index in [1.54, 1.807) is 16.8 Å². The standard InChI is InChI=1S/C11H11N5O2S/c12-9-5-7(3-4-8(9)10(17)18)19-11-13-14-15-16(11)6-1-2-6/h3-6H,1-2,12H2,(H,17,18). The van der Waals surface area contributed by atoms with Crippen LogP contribution in [0.1, 0.15) is 29.2 Å². The number of nitrogens with two attached hydrogens (primary N) is 1. The van der Waals surface area contributed by atoms with Crippen LogP contribution >= 0.6 is 11.8 Å². The predicted molar refractivity (Wildman–Crippen MR) is 68.0 cm³/mol. The summed E-state index contributed by atoms with van der Waals surface area (Å²) in [7, 11) is 0. The van der Waals surface area contributed by atoms with Crippen molar-refractivity contribution in [3.63, 3.8) is 0 Å². The van der Waals surface area contributed by atoms with Crippen molar-refractivity contribution in [1.29, 1.82) is 0 Å². The maximum atomic E-state index is 10.9. The normalized spacial score (nSPS) is 14.5. The highest BCUT2D eigenvalue weighted by atomic mass is 32.2. The van der Waals surface area contributed by atoms with Crippen molar-refractivity contribution >= 4 is 23.4 Å². The van der Waals surface area contributed by atoms with Gasteiger partial charge in [0.25, 0.3) is 0 Å². The van der Waals surface area contributed by atoms with E-state index in [1.165, 1.54) is 17.8 Å². The second kappa shape index (κ2) is 4.54. The van der Waals surface area contributed by atoms with Gasteiger partial charge in [-0.1, -0.05) is 0 Å². The van der Waals surface area contributed by atoms with Crippen LogP contribution in [-0.4, -0.2) is 31.3 Å². The zero-order chi connectivity index (χ0) is 13.4. The molecular formula is C11H11N5O2S. The first kappa shape index (κ1) is 12.0. The molecule has 98 valence electrons. The highest BCUT2D eigenvalue weighted by molar-refractivity contribution is 7.99. The third kappa shape index (κ3) is 2.39. The van der Waals surface area contributed by atoms with Gasteiger partial charge in [-0.05, 0) is 53.2 Å². The number of nitrogen functional groups attached to an aromatic ring is 1. The summed E-state index contributed by atoms with van der Waals surface area (Å²) in [6.45, 7) is 0. The minimum absolute atomic E-state index is 0.103. The van der Waals surface area contributed by atoms with Crippen LogP contribution in [0.4, 0.5) is 5.69 Å². The van der Waals surface area contributed by atoms with Crippen molar-refractivity contribution in [2.45, 2.75) is 28.9 Å². The van der Waals surface area contributed by atoms with Gasteiger partial charge in [0, 0.05) is 10.6 Å². The van der Waals surface area contributed by atoms with Crippen molar-refractivity contribution in [3.05, 3.63) is 23.8 Å². The Balaban J connectivity index is 1.85. The molecule has 8 heteroatoms. The van der Waals surface area contributed by atoms with E-state index < -0.39 is 5.97 Å². The van der Waals surface area contributed by atoms with E-state index in [-0.39, 0.29) is 11.3 Å². The molecule has 0 saturated heterocycles. The SMILES string of the molecule is Nc1cc(Sc2nnnn2C2CC2)ccc1C(=O)O. The zero-order valence-corrected chi connectivity index (χ0v) is 10.7. The Bertz CT molecular complexity index is 638. The third-order valence-corrected chi connectivity index (χ3v) is 3.76. The van der Waals surface area contributed by atoms with Gasteiger partial charge in [-0.25, -0.2) is 9.48 Å². The highest BCUT2D eigenvalue weighted by Gasteiger charge is 2.28. The number of tetrazole rings is 1. The van der Waals surface area contributed by atoms with Crippen LogP contribution in [0.3, 0.4) is 0 Å². The summed E-state index contributed by atoms with van der Waals surface area (Å²) < 4.78 is 1.80. The number of aromatic nitrogens is 4. The predicted octanol–water partition coefficient (Wildman–Crippen LogP) is 1.44. The molecule has 0 bridgehead atoms. The van der Waals surface area contributed by atoms with Gasteiger partial charge >= 0.3 is 5.97 Å². The van der Waals surface area contributed by atoms with E-state index in [0.29, 0.717) is 11.2 Å². The minimum Gasteiger partial charge on any atom is -0.478 e. The molecule has 1 fully saturated rings. The number of carboxylic acid groups (broad SMARTS) is 1. The van der Waals surface area contributed by atoms with E-state index in [0.717, 1.165) is 17.7 Å². The first-order valence-corrected chi connectivity index (χ1v) is 6.55. The first-order chi connectivity index (χ1) is 9.15. The molecule has 0 spiro atoms. The van der Waals surface area contributed by atoms with Crippen LogP contribution in [0.2, 0.25) is 0 Å². The molecule has 1 aliphatic carbocycles. The second-order valence-electron chi connectivity index (χ2n) is 4.29. The maximum absolute atomic E-state index is 10.9. The Morgan fingerprint density at radius 3 is 2.89 bits per heavy atom. The molecule has 0 amide bonds. The van der Waals surface area contributed by atoms with Gasteiger partial charge in [0.15, 0.2) is 0 Å². The molecule has 2 aromatic rings. The van der Waals surface area contributed by atoms with Crippen LogP contribution in [0.25, 0.3) is 0 Å². The monoisotopic (exact) mass is 277 g/mol. The molecule has 0 atom stereocenters. The van der Waals surface area contributed by atoms with Crippen LogP contribution < -0.4 is 5.73 Å². The molecule has 3 rings (SSSR count). The summed E-state index contributed by atoms with van der Waals surface area (Å²) >= 11 is 1.38. The summed E-state index contributed by atoms with van der Waals surface area (Å²) in [5.74, 6) is -1.03. The van der Waals surface area contributed by atoms with Crippen LogP contribution in [-0.2, 0) is 0 Å². The quantitative estimate of drug-likeness (QED) is 0.814. The third-order valence-electron chi connectivity index (χ3n) is 2.82. The molecule has 0 unspecified atom stereocenters. The number of nitrogens with zero attached hydrogens (tertiary/aromatic N) is 4. The number of carboxylic acids is 1. The number of rotatable bonds is 4. The number of hydrogen-bond donors (Lipinski definition) is 2. The molecule has 0 radical (unpaired) electrons. The zero-order valence-electron chi connectivity index (χ0n) is 9.85. The molecule has 19 heavy (non-hydrogen) atoms. The van der Waals surface area contributed by atoms with E-state index in [2.05, 4.69) is 15.5 Å². The molecule has 0 aliphatic heterocycles. The molecule has 1 aliphatic rings.